The van der Waals surface area contributed by atoms with Crippen LogP contribution in [0.3, 0.4) is 0 Å². The van der Waals surface area contributed by atoms with Crippen molar-refractivity contribution in [2.24, 2.45) is 0 Å². The minimum Gasteiger partial charge on any atom is -0.392 e. The number of rotatable bonds is 3. The molecule has 0 saturated carbocycles. The standard InChI is InChI=1S/C18H9Cl6NO/c19-9-3-11(21)16(12(22)4-9)15-2-1-8(7-26)18(25-15)17-13(23)5-10(20)6-14(17)24/h1-6,26H,7H2. The van der Waals surface area contributed by atoms with E-state index in [1.54, 1.807) is 36.4 Å². The van der Waals surface area contributed by atoms with Gasteiger partial charge < -0.3 is 5.11 Å². The second-order valence-corrected chi connectivity index (χ2v) is 7.85. The summed E-state index contributed by atoms with van der Waals surface area (Å²) < 4.78 is 0. The van der Waals surface area contributed by atoms with E-state index in [-0.39, 0.29) is 6.61 Å². The number of aromatic nitrogens is 1. The molecule has 1 aromatic heterocycles. The SMILES string of the molecule is OCc1ccc(-c2c(Cl)cc(Cl)cc2Cl)nc1-c1c(Cl)cc(Cl)cc1Cl. The molecule has 0 aliphatic heterocycles. The topological polar surface area (TPSA) is 33.1 Å². The van der Waals surface area contributed by atoms with Gasteiger partial charge in [0.15, 0.2) is 0 Å². The van der Waals surface area contributed by atoms with Crippen molar-refractivity contribution >= 4 is 69.6 Å². The number of hydrogen-bond donors (Lipinski definition) is 1. The summed E-state index contributed by atoms with van der Waals surface area (Å²) in [5, 5.41) is 11.9. The minimum atomic E-state index is -0.250. The Bertz CT molecular complexity index is 959. The molecule has 3 aromatic rings. The van der Waals surface area contributed by atoms with Gasteiger partial charge in [-0.1, -0.05) is 75.7 Å². The molecule has 0 fully saturated rings. The highest BCUT2D eigenvalue weighted by atomic mass is 35.5. The first kappa shape index (κ1) is 20.0. The van der Waals surface area contributed by atoms with Crippen LogP contribution in [0.1, 0.15) is 5.56 Å². The lowest BCUT2D eigenvalue weighted by Crippen LogP contribution is -1.98. The maximum absolute atomic E-state index is 9.70. The van der Waals surface area contributed by atoms with Crippen molar-refractivity contribution in [2.45, 2.75) is 6.61 Å². The fraction of sp³-hybridized carbons (Fsp3) is 0.0556. The molecule has 0 atom stereocenters. The van der Waals surface area contributed by atoms with E-state index in [4.69, 9.17) is 69.6 Å². The van der Waals surface area contributed by atoms with E-state index in [1.165, 1.54) is 0 Å². The van der Waals surface area contributed by atoms with Crippen LogP contribution in [0.2, 0.25) is 30.1 Å². The van der Waals surface area contributed by atoms with Crippen LogP contribution in [0, 0.1) is 0 Å². The van der Waals surface area contributed by atoms with Crippen molar-refractivity contribution in [3.05, 3.63) is 72.1 Å². The first-order chi connectivity index (χ1) is 12.3. The second-order valence-electron chi connectivity index (χ2n) is 5.35. The van der Waals surface area contributed by atoms with Crippen LogP contribution in [0.5, 0.6) is 0 Å². The molecule has 0 saturated heterocycles. The third-order valence-corrected chi connectivity index (χ3v) is 5.28. The first-order valence-electron chi connectivity index (χ1n) is 7.22. The molecule has 0 spiro atoms. The summed E-state index contributed by atoms with van der Waals surface area (Å²) in [6.45, 7) is -0.250. The maximum Gasteiger partial charge on any atom is 0.0794 e. The summed E-state index contributed by atoms with van der Waals surface area (Å²) >= 11 is 37.2. The molecular weight excluding hydrogens is 459 g/mol. The molecule has 0 aliphatic rings. The summed E-state index contributed by atoms with van der Waals surface area (Å²) in [6, 6.07) is 9.68. The zero-order valence-corrected chi connectivity index (χ0v) is 17.4. The fourth-order valence-electron chi connectivity index (χ4n) is 2.53. The molecule has 134 valence electrons. The maximum atomic E-state index is 9.70. The monoisotopic (exact) mass is 465 g/mol. The Morgan fingerprint density at radius 1 is 0.692 bits per heavy atom. The highest BCUT2D eigenvalue weighted by molar-refractivity contribution is 6.42. The van der Waals surface area contributed by atoms with Gasteiger partial charge in [0.1, 0.15) is 0 Å². The summed E-state index contributed by atoms with van der Waals surface area (Å²) in [7, 11) is 0. The van der Waals surface area contributed by atoms with Gasteiger partial charge in [0.2, 0.25) is 0 Å². The largest absolute Gasteiger partial charge is 0.392 e. The van der Waals surface area contributed by atoms with Crippen LogP contribution in [-0.2, 0) is 6.61 Å². The van der Waals surface area contributed by atoms with Crippen molar-refractivity contribution < 1.29 is 5.11 Å². The minimum absolute atomic E-state index is 0.250. The predicted octanol–water partition coefficient (Wildman–Crippen LogP) is 7.83. The Labute approximate surface area is 180 Å². The molecule has 3 rings (SSSR count). The smallest absolute Gasteiger partial charge is 0.0794 e. The van der Waals surface area contributed by atoms with E-state index in [1.807, 2.05) is 0 Å². The average Bonchev–Trinajstić information content (AvgIpc) is 2.53. The summed E-state index contributed by atoms with van der Waals surface area (Å²) in [4.78, 5) is 4.60. The molecule has 1 N–H and O–H groups in total. The second kappa shape index (κ2) is 8.12. The highest BCUT2D eigenvalue weighted by Gasteiger charge is 2.18. The lowest BCUT2D eigenvalue weighted by molar-refractivity contribution is 0.282. The molecule has 2 nitrogen and oxygen atoms in total. The van der Waals surface area contributed by atoms with Gasteiger partial charge in [-0.2, -0.15) is 0 Å². The van der Waals surface area contributed by atoms with Crippen molar-refractivity contribution in [1.29, 1.82) is 0 Å². The molecular formula is C18H9Cl6NO. The van der Waals surface area contributed by atoms with Gasteiger partial charge >= 0.3 is 0 Å². The summed E-state index contributed by atoms with van der Waals surface area (Å²) in [5.41, 5.74) is 2.43. The highest BCUT2D eigenvalue weighted by Crippen LogP contribution is 2.41. The Kier molecular flexibility index (Phi) is 6.25. The number of hydrogen-bond acceptors (Lipinski definition) is 2. The molecule has 0 aliphatic carbocycles. The molecule has 1 heterocycles. The molecule has 0 radical (unpaired) electrons. The van der Waals surface area contributed by atoms with Crippen LogP contribution in [0.4, 0.5) is 0 Å². The molecule has 0 bridgehead atoms. The van der Waals surface area contributed by atoms with Crippen LogP contribution < -0.4 is 0 Å². The lowest BCUT2D eigenvalue weighted by atomic mass is 10.0. The van der Waals surface area contributed by atoms with Gasteiger partial charge in [-0.15, -0.1) is 0 Å². The third kappa shape index (κ3) is 3.93. The van der Waals surface area contributed by atoms with Gasteiger partial charge in [0, 0.05) is 26.7 Å². The van der Waals surface area contributed by atoms with Gasteiger partial charge in [0.05, 0.1) is 38.1 Å². The van der Waals surface area contributed by atoms with Gasteiger partial charge in [-0.3, -0.25) is 0 Å². The Morgan fingerprint density at radius 2 is 1.15 bits per heavy atom. The van der Waals surface area contributed by atoms with Crippen molar-refractivity contribution in [3.63, 3.8) is 0 Å². The fourth-order valence-corrected chi connectivity index (χ4v) is 4.53. The van der Waals surface area contributed by atoms with E-state index in [2.05, 4.69) is 4.98 Å². The number of nitrogens with zero attached hydrogens (tertiary/aromatic N) is 1. The normalized spacial score (nSPS) is 11.0. The zero-order chi connectivity index (χ0) is 19.0. The average molecular weight is 468 g/mol. The van der Waals surface area contributed by atoms with E-state index >= 15 is 0 Å². The quantitative estimate of drug-likeness (QED) is 0.425. The molecule has 0 amide bonds. The Morgan fingerprint density at radius 3 is 1.62 bits per heavy atom. The Balaban J connectivity index is 2.28. The number of pyridine rings is 1. The van der Waals surface area contributed by atoms with E-state index in [0.717, 1.165) is 0 Å². The van der Waals surface area contributed by atoms with E-state index in [0.29, 0.717) is 58.2 Å². The van der Waals surface area contributed by atoms with Gasteiger partial charge in [-0.25, -0.2) is 4.98 Å². The van der Waals surface area contributed by atoms with Gasteiger partial charge in [-0.05, 0) is 30.3 Å². The lowest BCUT2D eigenvalue weighted by Gasteiger charge is -2.14. The Hall–Kier alpha value is -0.710. The zero-order valence-electron chi connectivity index (χ0n) is 12.8. The number of halogens is 6. The van der Waals surface area contributed by atoms with Crippen molar-refractivity contribution in [2.75, 3.05) is 0 Å². The van der Waals surface area contributed by atoms with Crippen molar-refractivity contribution in [3.8, 4) is 22.5 Å². The molecule has 26 heavy (non-hydrogen) atoms. The van der Waals surface area contributed by atoms with Crippen LogP contribution >= 0.6 is 69.6 Å². The van der Waals surface area contributed by atoms with Crippen LogP contribution in [0.25, 0.3) is 22.5 Å². The number of benzene rings is 2. The van der Waals surface area contributed by atoms with Crippen LogP contribution in [0.15, 0.2) is 36.4 Å². The van der Waals surface area contributed by atoms with E-state index in [9.17, 15) is 5.11 Å². The van der Waals surface area contributed by atoms with E-state index < -0.39 is 0 Å². The first-order valence-corrected chi connectivity index (χ1v) is 9.49. The summed E-state index contributed by atoms with van der Waals surface area (Å²) in [6.07, 6.45) is 0. The van der Waals surface area contributed by atoms with Gasteiger partial charge in [0.25, 0.3) is 0 Å². The van der Waals surface area contributed by atoms with Crippen molar-refractivity contribution in [1.82, 2.24) is 4.98 Å². The summed E-state index contributed by atoms with van der Waals surface area (Å²) in [5.74, 6) is 0. The third-order valence-electron chi connectivity index (χ3n) is 3.66. The number of aliphatic hydroxyl groups excluding tert-OH is 1. The predicted molar refractivity (Wildman–Crippen MR) is 111 cm³/mol. The number of aliphatic hydroxyl groups is 1. The molecule has 2 aromatic carbocycles. The molecule has 0 unspecified atom stereocenters. The van der Waals surface area contributed by atoms with Crippen LogP contribution in [-0.4, -0.2) is 10.1 Å². The molecule has 8 heteroatoms.